The molecule has 27 heavy (non-hydrogen) atoms. The molecule has 0 saturated heterocycles. The van der Waals surface area contributed by atoms with Crippen LogP contribution in [0, 0.1) is 0 Å². The van der Waals surface area contributed by atoms with E-state index in [0.29, 0.717) is 11.5 Å². The Morgan fingerprint density at radius 1 is 1.07 bits per heavy atom. The molecule has 6 nitrogen and oxygen atoms in total. The monoisotopic (exact) mass is 497 g/mol. The van der Waals surface area contributed by atoms with Crippen molar-refractivity contribution in [1.29, 1.82) is 0 Å². The number of alkyl halides is 2. The van der Waals surface area contributed by atoms with E-state index in [1.807, 2.05) is 30.3 Å². The topological polar surface area (TPSA) is 64.9 Å². The van der Waals surface area contributed by atoms with E-state index in [0.717, 1.165) is 20.2 Å². The van der Waals surface area contributed by atoms with Crippen LogP contribution in [0.2, 0.25) is 0 Å². The van der Waals surface area contributed by atoms with Crippen LogP contribution >= 0.6 is 31.9 Å². The lowest BCUT2D eigenvalue weighted by Crippen LogP contribution is -2.21. The SMILES string of the molecule is FC(F)Oc1ccc(Br)cc1[C@H]1C=C(c2ccc(Br)cc2)Nc2nnnn21. The number of ether oxygens (including phenoxy) is 1. The highest BCUT2D eigenvalue weighted by atomic mass is 79.9. The summed E-state index contributed by atoms with van der Waals surface area (Å²) in [6.45, 7) is -2.94. The van der Waals surface area contributed by atoms with Crippen LogP contribution in [0.1, 0.15) is 17.2 Å². The molecule has 3 aromatic rings. The van der Waals surface area contributed by atoms with Crippen LogP contribution in [-0.4, -0.2) is 26.8 Å². The number of rotatable bonds is 4. The lowest BCUT2D eigenvalue weighted by Gasteiger charge is -2.25. The highest BCUT2D eigenvalue weighted by Crippen LogP contribution is 2.37. The fourth-order valence-electron chi connectivity index (χ4n) is 2.83. The van der Waals surface area contributed by atoms with E-state index >= 15 is 0 Å². The number of halogens is 4. The molecule has 4 rings (SSSR count). The van der Waals surface area contributed by atoms with Crippen molar-refractivity contribution in [3.05, 3.63) is 68.6 Å². The van der Waals surface area contributed by atoms with Gasteiger partial charge in [0.1, 0.15) is 11.8 Å². The molecule has 2 heterocycles. The van der Waals surface area contributed by atoms with Crippen molar-refractivity contribution in [1.82, 2.24) is 20.2 Å². The lowest BCUT2D eigenvalue weighted by molar-refractivity contribution is -0.0506. The maximum atomic E-state index is 12.9. The average molecular weight is 499 g/mol. The first-order valence-corrected chi connectivity index (χ1v) is 9.37. The number of allylic oxidation sites excluding steroid dienone is 1. The molecule has 1 N–H and O–H groups in total. The molecule has 0 spiro atoms. The fourth-order valence-corrected chi connectivity index (χ4v) is 3.47. The summed E-state index contributed by atoms with van der Waals surface area (Å²) >= 11 is 6.79. The maximum Gasteiger partial charge on any atom is 0.387 e. The molecule has 10 heteroatoms. The van der Waals surface area contributed by atoms with Crippen molar-refractivity contribution >= 4 is 43.5 Å². The first-order chi connectivity index (χ1) is 13.0. The number of nitrogens with zero attached hydrogens (tertiary/aromatic N) is 4. The Morgan fingerprint density at radius 2 is 1.81 bits per heavy atom. The predicted molar refractivity (Wildman–Crippen MR) is 102 cm³/mol. The molecule has 0 saturated carbocycles. The molecular weight excluding hydrogens is 488 g/mol. The van der Waals surface area contributed by atoms with Crippen molar-refractivity contribution < 1.29 is 13.5 Å². The molecule has 1 aliphatic rings. The molecule has 1 aliphatic heterocycles. The number of anilines is 1. The Kier molecular flexibility index (Phi) is 4.92. The largest absolute Gasteiger partial charge is 0.434 e. The van der Waals surface area contributed by atoms with Crippen LogP contribution in [0.5, 0.6) is 5.75 Å². The first kappa shape index (κ1) is 18.1. The Morgan fingerprint density at radius 3 is 2.56 bits per heavy atom. The summed E-state index contributed by atoms with van der Waals surface area (Å²) < 4.78 is 33.6. The van der Waals surface area contributed by atoms with Crippen LogP contribution in [-0.2, 0) is 0 Å². The molecule has 0 fully saturated rings. The van der Waals surface area contributed by atoms with E-state index in [4.69, 9.17) is 4.74 Å². The Hall–Kier alpha value is -2.33. The smallest absolute Gasteiger partial charge is 0.387 e. The molecule has 138 valence electrons. The van der Waals surface area contributed by atoms with Crippen molar-refractivity contribution in [3.63, 3.8) is 0 Å². The van der Waals surface area contributed by atoms with Crippen LogP contribution in [0.15, 0.2) is 57.5 Å². The standard InChI is InChI=1S/C17H11Br2F2N5O/c18-10-3-1-9(2-4-10)13-8-14(26-17(22-13)23-24-25-26)12-7-11(19)5-6-15(12)27-16(20)21/h1-8,14,16H,(H,22,23,25)/t14-/m1/s1. The summed E-state index contributed by atoms with van der Waals surface area (Å²) in [5.74, 6) is 0.469. The number of tetrazole rings is 1. The molecule has 1 aromatic heterocycles. The van der Waals surface area contributed by atoms with Crippen LogP contribution < -0.4 is 10.1 Å². The minimum atomic E-state index is -2.94. The van der Waals surface area contributed by atoms with Gasteiger partial charge in [0.15, 0.2) is 0 Å². The van der Waals surface area contributed by atoms with Gasteiger partial charge in [-0.05, 0) is 52.4 Å². The zero-order valence-corrected chi connectivity index (χ0v) is 16.7. The van der Waals surface area contributed by atoms with Gasteiger partial charge in [-0.3, -0.25) is 0 Å². The summed E-state index contributed by atoms with van der Waals surface area (Å²) in [5, 5.41) is 14.8. The van der Waals surface area contributed by atoms with Crippen molar-refractivity contribution in [3.8, 4) is 5.75 Å². The van der Waals surface area contributed by atoms with Gasteiger partial charge in [-0.25, -0.2) is 0 Å². The zero-order valence-electron chi connectivity index (χ0n) is 13.5. The molecule has 0 aliphatic carbocycles. The second kappa shape index (κ2) is 7.35. The average Bonchev–Trinajstić information content (AvgIpc) is 3.11. The fraction of sp³-hybridized carbons (Fsp3) is 0.118. The molecular formula is C17H11Br2F2N5O. The molecule has 0 bridgehead atoms. The third-order valence-electron chi connectivity index (χ3n) is 3.99. The summed E-state index contributed by atoms with van der Waals surface area (Å²) in [6, 6.07) is 12.0. The lowest BCUT2D eigenvalue weighted by atomic mass is 10.0. The van der Waals surface area contributed by atoms with Gasteiger partial charge < -0.3 is 10.1 Å². The van der Waals surface area contributed by atoms with Crippen molar-refractivity contribution in [2.24, 2.45) is 0 Å². The summed E-state index contributed by atoms with van der Waals surface area (Å²) in [6.07, 6.45) is 1.87. The first-order valence-electron chi connectivity index (χ1n) is 7.78. The molecule has 0 amide bonds. The number of aromatic nitrogens is 4. The van der Waals surface area contributed by atoms with Crippen LogP contribution in [0.3, 0.4) is 0 Å². The Balaban J connectivity index is 1.83. The third-order valence-corrected chi connectivity index (χ3v) is 5.01. The highest BCUT2D eigenvalue weighted by Gasteiger charge is 2.27. The van der Waals surface area contributed by atoms with Crippen LogP contribution in [0.4, 0.5) is 14.7 Å². The normalized spacial score (nSPS) is 15.9. The third kappa shape index (κ3) is 3.72. The summed E-state index contributed by atoms with van der Waals surface area (Å²) in [5.41, 5.74) is 2.18. The zero-order chi connectivity index (χ0) is 19.0. The van der Waals surface area contributed by atoms with Gasteiger partial charge in [0.2, 0.25) is 5.95 Å². The minimum Gasteiger partial charge on any atom is -0.434 e. The number of hydrogen-bond donors (Lipinski definition) is 1. The van der Waals surface area contributed by atoms with Gasteiger partial charge in [0, 0.05) is 20.2 Å². The summed E-state index contributed by atoms with van der Waals surface area (Å²) in [4.78, 5) is 0. The number of hydrogen-bond acceptors (Lipinski definition) is 5. The van der Waals surface area contributed by atoms with Gasteiger partial charge in [-0.1, -0.05) is 49.1 Å². The quantitative estimate of drug-likeness (QED) is 0.556. The number of nitrogens with one attached hydrogen (secondary N) is 1. The molecule has 2 aromatic carbocycles. The Bertz CT molecular complexity index is 1010. The van der Waals surface area contributed by atoms with Gasteiger partial charge in [-0.2, -0.15) is 13.5 Å². The second-order valence-corrected chi connectivity index (χ2v) is 7.50. The van der Waals surface area contributed by atoms with Gasteiger partial charge in [-0.15, -0.1) is 0 Å². The van der Waals surface area contributed by atoms with E-state index < -0.39 is 12.7 Å². The summed E-state index contributed by atoms with van der Waals surface area (Å²) in [7, 11) is 0. The second-order valence-electron chi connectivity index (χ2n) is 5.66. The molecule has 0 unspecified atom stereocenters. The van der Waals surface area contributed by atoms with E-state index in [1.54, 1.807) is 12.1 Å². The number of fused-ring (bicyclic) bond motifs is 1. The van der Waals surface area contributed by atoms with Crippen LogP contribution in [0.25, 0.3) is 5.70 Å². The minimum absolute atomic E-state index is 0.0629. The predicted octanol–water partition coefficient (Wildman–Crippen LogP) is 4.86. The van der Waals surface area contributed by atoms with E-state index in [9.17, 15) is 8.78 Å². The van der Waals surface area contributed by atoms with Gasteiger partial charge in [0.25, 0.3) is 0 Å². The van der Waals surface area contributed by atoms with Gasteiger partial charge >= 0.3 is 6.61 Å². The Labute approximate surface area is 169 Å². The number of benzene rings is 2. The highest BCUT2D eigenvalue weighted by molar-refractivity contribution is 9.10. The van der Waals surface area contributed by atoms with E-state index in [2.05, 4.69) is 52.7 Å². The van der Waals surface area contributed by atoms with E-state index in [-0.39, 0.29) is 5.75 Å². The van der Waals surface area contributed by atoms with Crippen molar-refractivity contribution in [2.45, 2.75) is 12.7 Å². The van der Waals surface area contributed by atoms with E-state index in [1.165, 1.54) is 10.7 Å². The van der Waals surface area contributed by atoms with Crippen molar-refractivity contribution in [2.75, 3.05) is 5.32 Å². The maximum absolute atomic E-state index is 12.9. The molecule has 1 atom stereocenters. The van der Waals surface area contributed by atoms with Gasteiger partial charge in [0.05, 0.1) is 0 Å². The molecule has 0 radical (unpaired) electrons.